The van der Waals surface area contributed by atoms with Crippen LogP contribution in [0.15, 0.2) is 23.3 Å². The summed E-state index contributed by atoms with van der Waals surface area (Å²) in [6.07, 6.45) is 3.32. The minimum atomic E-state index is -0.136. The number of hydrogen-bond acceptors (Lipinski definition) is 6. The molecule has 0 radical (unpaired) electrons. The standard InChI is InChI=1S/C10H13N5OS/c1-14(2)7-3-9(16)15(13-4-7)6-8-5-12-10(11)17-8/h3-5H,6H2,1-2H3,(H2,11,12). The molecule has 0 fully saturated rings. The Morgan fingerprint density at radius 2 is 2.24 bits per heavy atom. The zero-order chi connectivity index (χ0) is 12.4. The van der Waals surface area contributed by atoms with Crippen molar-refractivity contribution in [3.05, 3.63) is 33.7 Å². The molecule has 0 spiro atoms. The topological polar surface area (TPSA) is 77.0 Å². The number of nitrogens with two attached hydrogens (primary N) is 1. The lowest BCUT2D eigenvalue weighted by Crippen LogP contribution is -2.24. The van der Waals surface area contributed by atoms with Crippen LogP contribution in [-0.2, 0) is 6.54 Å². The average molecular weight is 251 g/mol. The highest BCUT2D eigenvalue weighted by atomic mass is 32.1. The summed E-state index contributed by atoms with van der Waals surface area (Å²) in [6, 6.07) is 1.55. The van der Waals surface area contributed by atoms with E-state index >= 15 is 0 Å². The predicted octanol–water partition coefficient (Wildman–Crippen LogP) is 0.396. The lowest BCUT2D eigenvalue weighted by Gasteiger charge is -2.11. The van der Waals surface area contributed by atoms with Gasteiger partial charge < -0.3 is 10.6 Å². The molecule has 0 saturated heterocycles. The molecular weight excluding hydrogens is 238 g/mol. The van der Waals surface area contributed by atoms with Crippen LogP contribution in [0.2, 0.25) is 0 Å². The monoisotopic (exact) mass is 251 g/mol. The number of rotatable bonds is 3. The predicted molar refractivity (Wildman–Crippen MR) is 68.5 cm³/mol. The van der Waals surface area contributed by atoms with Gasteiger partial charge in [0, 0.05) is 31.2 Å². The van der Waals surface area contributed by atoms with Gasteiger partial charge in [0.25, 0.3) is 5.56 Å². The average Bonchev–Trinajstić information content (AvgIpc) is 2.67. The Kier molecular flexibility index (Phi) is 3.10. The third-order valence-corrected chi connectivity index (χ3v) is 3.06. The van der Waals surface area contributed by atoms with Crippen LogP contribution in [0.4, 0.5) is 10.8 Å². The van der Waals surface area contributed by atoms with E-state index in [0.29, 0.717) is 11.7 Å². The Morgan fingerprint density at radius 3 is 2.76 bits per heavy atom. The number of anilines is 2. The van der Waals surface area contributed by atoms with Crippen LogP contribution in [0.3, 0.4) is 0 Å². The van der Waals surface area contributed by atoms with Gasteiger partial charge in [0.2, 0.25) is 0 Å². The second kappa shape index (κ2) is 4.54. The van der Waals surface area contributed by atoms with Gasteiger partial charge in [0.05, 0.1) is 18.4 Å². The summed E-state index contributed by atoms with van der Waals surface area (Å²) in [5, 5.41) is 4.60. The summed E-state index contributed by atoms with van der Waals surface area (Å²) in [4.78, 5) is 18.5. The number of nitrogens with zero attached hydrogens (tertiary/aromatic N) is 4. The molecule has 0 atom stereocenters. The van der Waals surface area contributed by atoms with Gasteiger partial charge in [-0.15, -0.1) is 11.3 Å². The van der Waals surface area contributed by atoms with Gasteiger partial charge in [-0.25, -0.2) is 9.67 Å². The molecule has 7 heteroatoms. The summed E-state index contributed by atoms with van der Waals surface area (Å²) in [6.45, 7) is 0.404. The minimum Gasteiger partial charge on any atom is -0.376 e. The van der Waals surface area contributed by atoms with E-state index in [1.54, 1.807) is 18.5 Å². The van der Waals surface area contributed by atoms with E-state index in [2.05, 4.69) is 10.1 Å². The van der Waals surface area contributed by atoms with Gasteiger partial charge in [-0.05, 0) is 0 Å². The van der Waals surface area contributed by atoms with Crippen LogP contribution < -0.4 is 16.2 Å². The van der Waals surface area contributed by atoms with E-state index in [0.717, 1.165) is 10.6 Å². The van der Waals surface area contributed by atoms with Gasteiger partial charge in [0.15, 0.2) is 5.13 Å². The van der Waals surface area contributed by atoms with Crippen molar-refractivity contribution < 1.29 is 0 Å². The Balaban J connectivity index is 2.25. The van der Waals surface area contributed by atoms with E-state index in [1.165, 1.54) is 16.0 Å². The molecule has 0 aliphatic carbocycles. The quantitative estimate of drug-likeness (QED) is 0.854. The van der Waals surface area contributed by atoms with Crippen molar-refractivity contribution in [2.24, 2.45) is 0 Å². The van der Waals surface area contributed by atoms with E-state index in [-0.39, 0.29) is 5.56 Å². The number of nitrogen functional groups attached to an aromatic ring is 1. The molecule has 0 aliphatic rings. The zero-order valence-corrected chi connectivity index (χ0v) is 10.4. The van der Waals surface area contributed by atoms with E-state index in [9.17, 15) is 4.79 Å². The fourth-order valence-electron chi connectivity index (χ4n) is 1.33. The lowest BCUT2D eigenvalue weighted by molar-refractivity contribution is 0.644. The third-order valence-electron chi connectivity index (χ3n) is 2.25. The van der Waals surface area contributed by atoms with Crippen molar-refractivity contribution in [2.75, 3.05) is 24.7 Å². The smallest absolute Gasteiger partial charge is 0.269 e. The number of thiazole rings is 1. The fraction of sp³-hybridized carbons (Fsp3) is 0.300. The first-order chi connectivity index (χ1) is 8.06. The molecule has 0 unspecified atom stereocenters. The summed E-state index contributed by atoms with van der Waals surface area (Å²) < 4.78 is 1.39. The van der Waals surface area contributed by atoms with Crippen molar-refractivity contribution in [3.8, 4) is 0 Å². The maximum Gasteiger partial charge on any atom is 0.269 e. The second-order valence-electron chi connectivity index (χ2n) is 3.77. The molecule has 2 heterocycles. The van der Waals surface area contributed by atoms with Gasteiger partial charge in [-0.2, -0.15) is 5.10 Å². The molecule has 6 nitrogen and oxygen atoms in total. The van der Waals surface area contributed by atoms with Crippen LogP contribution in [0, 0.1) is 0 Å². The normalized spacial score (nSPS) is 10.5. The minimum absolute atomic E-state index is 0.136. The molecule has 0 aromatic carbocycles. The number of hydrogen-bond donors (Lipinski definition) is 1. The highest BCUT2D eigenvalue weighted by Crippen LogP contribution is 2.14. The van der Waals surface area contributed by atoms with Crippen LogP contribution in [0.25, 0.3) is 0 Å². The molecular formula is C10H13N5OS. The largest absolute Gasteiger partial charge is 0.376 e. The number of aromatic nitrogens is 3. The summed E-state index contributed by atoms with van der Waals surface area (Å²) >= 11 is 1.36. The Hall–Kier alpha value is -1.89. The van der Waals surface area contributed by atoms with Crippen LogP contribution in [-0.4, -0.2) is 28.9 Å². The Labute approximate surface area is 102 Å². The van der Waals surface area contributed by atoms with Gasteiger partial charge in [-0.1, -0.05) is 0 Å². The van der Waals surface area contributed by atoms with E-state index < -0.39 is 0 Å². The van der Waals surface area contributed by atoms with Crippen molar-refractivity contribution in [2.45, 2.75) is 6.54 Å². The highest BCUT2D eigenvalue weighted by molar-refractivity contribution is 7.15. The summed E-state index contributed by atoms with van der Waals surface area (Å²) in [5.41, 5.74) is 6.18. The third kappa shape index (κ3) is 2.62. The molecule has 0 bridgehead atoms. The highest BCUT2D eigenvalue weighted by Gasteiger charge is 2.04. The molecule has 2 rings (SSSR count). The maximum atomic E-state index is 11.8. The van der Waals surface area contributed by atoms with Crippen molar-refractivity contribution >= 4 is 22.2 Å². The maximum absolute atomic E-state index is 11.8. The van der Waals surface area contributed by atoms with Crippen molar-refractivity contribution in [1.82, 2.24) is 14.8 Å². The summed E-state index contributed by atoms with van der Waals surface area (Å²) in [7, 11) is 3.73. The molecule has 2 aromatic rings. The molecule has 90 valence electrons. The second-order valence-corrected chi connectivity index (χ2v) is 4.92. The fourth-order valence-corrected chi connectivity index (χ4v) is 2.00. The van der Waals surface area contributed by atoms with Crippen LogP contribution in [0.1, 0.15) is 4.88 Å². The Bertz CT molecular complexity index is 574. The lowest BCUT2D eigenvalue weighted by atomic mass is 10.4. The SMILES string of the molecule is CN(C)c1cnn(Cc2cnc(N)s2)c(=O)c1. The molecule has 2 aromatic heterocycles. The van der Waals surface area contributed by atoms with Gasteiger partial charge >= 0.3 is 0 Å². The first-order valence-electron chi connectivity index (χ1n) is 5.01. The Morgan fingerprint density at radius 1 is 1.47 bits per heavy atom. The summed E-state index contributed by atoms with van der Waals surface area (Å²) in [5.74, 6) is 0. The first-order valence-corrected chi connectivity index (χ1v) is 5.82. The van der Waals surface area contributed by atoms with Crippen LogP contribution in [0.5, 0.6) is 0 Å². The first kappa shape index (κ1) is 11.6. The molecule has 0 aliphatic heterocycles. The van der Waals surface area contributed by atoms with Crippen molar-refractivity contribution in [1.29, 1.82) is 0 Å². The molecule has 17 heavy (non-hydrogen) atoms. The zero-order valence-electron chi connectivity index (χ0n) is 9.62. The van der Waals surface area contributed by atoms with E-state index in [4.69, 9.17) is 5.73 Å². The molecule has 0 saturated carbocycles. The van der Waals surface area contributed by atoms with E-state index in [1.807, 2.05) is 19.0 Å². The van der Waals surface area contributed by atoms with Gasteiger partial charge in [-0.3, -0.25) is 4.79 Å². The van der Waals surface area contributed by atoms with Crippen LogP contribution >= 0.6 is 11.3 Å². The van der Waals surface area contributed by atoms with Gasteiger partial charge in [0.1, 0.15) is 0 Å². The van der Waals surface area contributed by atoms with Crippen molar-refractivity contribution in [3.63, 3.8) is 0 Å². The molecule has 0 amide bonds. The molecule has 2 N–H and O–H groups in total.